The van der Waals surface area contributed by atoms with Crippen LogP contribution in [0.15, 0.2) is 12.1 Å². The van der Waals surface area contributed by atoms with E-state index in [2.05, 4.69) is 0 Å². The molecule has 0 radical (unpaired) electrons. The van der Waals surface area contributed by atoms with Crippen molar-refractivity contribution >= 4 is 11.7 Å². The van der Waals surface area contributed by atoms with Crippen molar-refractivity contribution in [3.05, 3.63) is 33.4 Å². The van der Waals surface area contributed by atoms with Crippen molar-refractivity contribution in [2.24, 2.45) is 5.92 Å². The highest BCUT2D eigenvalue weighted by atomic mass is 16.7. The molecule has 0 spiro atoms. The fourth-order valence-electron chi connectivity index (χ4n) is 3.49. The molecule has 25 heavy (non-hydrogen) atoms. The summed E-state index contributed by atoms with van der Waals surface area (Å²) in [6.45, 7) is 5.01. The van der Waals surface area contributed by atoms with Gasteiger partial charge in [-0.3, -0.25) is 14.9 Å². The molecule has 0 aliphatic carbocycles. The standard InChI is InChI=1S/C17H22N2O6/c1-2-24-17(20)12-3-5-18(6-4-12)9-13-7-15(19(21)22)8-14-10-23-11-25-16(13)14/h7-8,12H,2-6,9-11H2,1H3/p+1. The number of ether oxygens (including phenoxy) is 3. The lowest BCUT2D eigenvalue weighted by Crippen LogP contribution is -3.11. The van der Waals surface area contributed by atoms with Gasteiger partial charge in [-0.1, -0.05) is 0 Å². The summed E-state index contributed by atoms with van der Waals surface area (Å²) in [6, 6.07) is 3.11. The molecule has 1 aromatic carbocycles. The topological polar surface area (TPSA) is 92.3 Å². The van der Waals surface area contributed by atoms with Crippen LogP contribution in [0, 0.1) is 16.0 Å². The molecule has 1 N–H and O–H groups in total. The lowest BCUT2D eigenvalue weighted by Gasteiger charge is -2.29. The SMILES string of the molecule is CCOC(=O)C1CC[NH+](Cc2cc([N+](=O)[O-])cc3c2OCOC3)CC1. The molecule has 0 aromatic heterocycles. The molecule has 0 amide bonds. The maximum Gasteiger partial charge on any atom is 0.309 e. The lowest BCUT2D eigenvalue weighted by atomic mass is 9.96. The zero-order valence-corrected chi connectivity index (χ0v) is 14.3. The van der Waals surface area contributed by atoms with Crippen LogP contribution >= 0.6 is 0 Å². The molecule has 2 heterocycles. The van der Waals surface area contributed by atoms with Crippen molar-refractivity contribution < 1.29 is 28.8 Å². The Hall–Kier alpha value is -2.19. The van der Waals surface area contributed by atoms with Gasteiger partial charge in [0, 0.05) is 30.5 Å². The third kappa shape index (κ3) is 4.08. The Kier molecular flexibility index (Phi) is 5.50. The molecule has 1 fully saturated rings. The quantitative estimate of drug-likeness (QED) is 0.480. The molecule has 3 rings (SSSR count). The van der Waals surface area contributed by atoms with Gasteiger partial charge < -0.3 is 19.1 Å². The van der Waals surface area contributed by atoms with E-state index in [0.717, 1.165) is 37.1 Å². The van der Waals surface area contributed by atoms with Gasteiger partial charge in [-0.05, 0) is 6.92 Å². The summed E-state index contributed by atoms with van der Waals surface area (Å²) in [7, 11) is 0. The number of fused-ring (bicyclic) bond motifs is 1. The summed E-state index contributed by atoms with van der Waals surface area (Å²) in [5, 5.41) is 11.2. The summed E-state index contributed by atoms with van der Waals surface area (Å²) in [4.78, 5) is 23.9. The number of carbonyl (C=O) groups excluding carboxylic acids is 1. The van der Waals surface area contributed by atoms with E-state index in [1.807, 2.05) is 6.92 Å². The number of quaternary nitrogens is 1. The van der Waals surface area contributed by atoms with E-state index in [0.29, 0.717) is 25.5 Å². The molecule has 136 valence electrons. The van der Waals surface area contributed by atoms with Crippen LogP contribution in [-0.2, 0) is 27.4 Å². The van der Waals surface area contributed by atoms with Crippen LogP contribution in [0.2, 0.25) is 0 Å². The zero-order valence-electron chi connectivity index (χ0n) is 14.3. The first kappa shape index (κ1) is 17.6. The number of nitro groups is 1. The van der Waals surface area contributed by atoms with Gasteiger partial charge in [0.05, 0.1) is 42.7 Å². The first-order chi connectivity index (χ1) is 12.1. The van der Waals surface area contributed by atoms with Crippen molar-refractivity contribution in [1.82, 2.24) is 0 Å². The Morgan fingerprint density at radius 3 is 2.84 bits per heavy atom. The highest BCUT2D eigenvalue weighted by Gasteiger charge is 2.30. The number of non-ortho nitro benzene ring substituents is 1. The third-order valence-corrected chi connectivity index (χ3v) is 4.74. The maximum atomic E-state index is 11.8. The lowest BCUT2D eigenvalue weighted by molar-refractivity contribution is -0.919. The van der Waals surface area contributed by atoms with E-state index in [1.165, 1.54) is 11.0 Å². The summed E-state index contributed by atoms with van der Waals surface area (Å²) >= 11 is 0. The monoisotopic (exact) mass is 351 g/mol. The predicted octanol–water partition coefficient (Wildman–Crippen LogP) is 0.819. The molecular weight excluding hydrogens is 328 g/mol. The second-order valence-electron chi connectivity index (χ2n) is 6.41. The van der Waals surface area contributed by atoms with Gasteiger partial charge in [-0.2, -0.15) is 0 Å². The van der Waals surface area contributed by atoms with Gasteiger partial charge in [-0.25, -0.2) is 0 Å². The number of esters is 1. The molecule has 0 unspecified atom stereocenters. The Morgan fingerprint density at radius 1 is 1.40 bits per heavy atom. The molecular formula is C17H23N2O6+. The predicted molar refractivity (Wildman–Crippen MR) is 87.1 cm³/mol. The van der Waals surface area contributed by atoms with E-state index in [4.69, 9.17) is 14.2 Å². The second-order valence-corrected chi connectivity index (χ2v) is 6.41. The number of nitrogens with zero attached hydrogens (tertiary/aromatic N) is 1. The number of nitro benzene ring substituents is 1. The van der Waals surface area contributed by atoms with E-state index in [9.17, 15) is 14.9 Å². The summed E-state index contributed by atoms with van der Waals surface area (Å²) in [5.41, 5.74) is 1.61. The maximum absolute atomic E-state index is 11.8. The highest BCUT2D eigenvalue weighted by molar-refractivity contribution is 5.72. The van der Waals surface area contributed by atoms with Gasteiger partial charge in [-0.15, -0.1) is 0 Å². The number of hydrogen-bond donors (Lipinski definition) is 1. The molecule has 0 bridgehead atoms. The third-order valence-electron chi connectivity index (χ3n) is 4.74. The number of piperidine rings is 1. The number of carbonyl (C=O) groups is 1. The van der Waals surface area contributed by atoms with Crippen LogP contribution < -0.4 is 9.64 Å². The van der Waals surface area contributed by atoms with Crippen molar-refractivity contribution in [2.75, 3.05) is 26.5 Å². The molecule has 8 nitrogen and oxygen atoms in total. The minimum atomic E-state index is -0.388. The van der Waals surface area contributed by atoms with E-state index >= 15 is 0 Å². The minimum absolute atomic E-state index is 0.0348. The smallest absolute Gasteiger partial charge is 0.309 e. The van der Waals surface area contributed by atoms with Crippen LogP contribution in [0.25, 0.3) is 0 Å². The van der Waals surface area contributed by atoms with Crippen LogP contribution in [0.5, 0.6) is 5.75 Å². The largest absolute Gasteiger partial charge is 0.467 e. The van der Waals surface area contributed by atoms with Crippen LogP contribution in [0.4, 0.5) is 5.69 Å². The fourth-order valence-corrected chi connectivity index (χ4v) is 3.49. The molecule has 1 saturated heterocycles. The van der Waals surface area contributed by atoms with Crippen molar-refractivity contribution in [3.8, 4) is 5.75 Å². The number of likely N-dealkylation sites (tertiary alicyclic amines) is 1. The minimum Gasteiger partial charge on any atom is -0.467 e. The zero-order chi connectivity index (χ0) is 17.8. The summed E-state index contributed by atoms with van der Waals surface area (Å²) < 4.78 is 15.9. The fraction of sp³-hybridized carbons (Fsp3) is 0.588. The average molecular weight is 351 g/mol. The van der Waals surface area contributed by atoms with Crippen molar-refractivity contribution in [1.29, 1.82) is 0 Å². The van der Waals surface area contributed by atoms with E-state index in [-0.39, 0.29) is 29.3 Å². The van der Waals surface area contributed by atoms with Gasteiger partial charge in [0.25, 0.3) is 5.69 Å². The molecule has 0 atom stereocenters. The Balaban J connectivity index is 1.70. The average Bonchev–Trinajstić information content (AvgIpc) is 2.62. The van der Waals surface area contributed by atoms with Crippen molar-refractivity contribution in [2.45, 2.75) is 32.9 Å². The van der Waals surface area contributed by atoms with Gasteiger partial charge in [0.1, 0.15) is 12.3 Å². The molecule has 2 aliphatic heterocycles. The number of nitrogens with one attached hydrogen (secondary N) is 1. The van der Waals surface area contributed by atoms with Gasteiger partial charge >= 0.3 is 5.97 Å². The van der Waals surface area contributed by atoms with E-state index < -0.39 is 0 Å². The molecule has 1 aromatic rings. The first-order valence-electron chi connectivity index (χ1n) is 8.59. The first-order valence-corrected chi connectivity index (χ1v) is 8.59. The van der Waals surface area contributed by atoms with E-state index in [1.54, 1.807) is 6.07 Å². The second kappa shape index (κ2) is 7.79. The summed E-state index contributed by atoms with van der Waals surface area (Å²) in [6.07, 6.45) is 1.55. The molecule has 0 saturated carbocycles. The van der Waals surface area contributed by atoms with Gasteiger partial charge in [0.15, 0.2) is 6.79 Å². The highest BCUT2D eigenvalue weighted by Crippen LogP contribution is 2.32. The van der Waals surface area contributed by atoms with Crippen LogP contribution in [-0.4, -0.2) is 37.4 Å². The molecule has 8 heteroatoms. The Labute approximate surface area is 145 Å². The van der Waals surface area contributed by atoms with Gasteiger partial charge in [0.2, 0.25) is 0 Å². The Morgan fingerprint density at radius 2 is 2.16 bits per heavy atom. The van der Waals surface area contributed by atoms with Crippen LogP contribution in [0.3, 0.4) is 0 Å². The van der Waals surface area contributed by atoms with Crippen molar-refractivity contribution in [3.63, 3.8) is 0 Å². The Bertz CT molecular complexity index is 655. The number of benzene rings is 1. The number of hydrogen-bond acceptors (Lipinski definition) is 6. The number of rotatable bonds is 5. The molecule has 2 aliphatic rings. The summed E-state index contributed by atoms with van der Waals surface area (Å²) in [5.74, 6) is 0.555. The van der Waals surface area contributed by atoms with Crippen LogP contribution in [0.1, 0.15) is 30.9 Å². The normalized spacial score (nSPS) is 22.6.